The highest BCUT2D eigenvalue weighted by Gasteiger charge is 2.20. The molecule has 0 atom stereocenters. The van der Waals surface area contributed by atoms with E-state index in [9.17, 15) is 4.79 Å². The van der Waals surface area contributed by atoms with Gasteiger partial charge in [-0.1, -0.05) is 12.8 Å². The summed E-state index contributed by atoms with van der Waals surface area (Å²) in [5.74, 6) is 0.381. The van der Waals surface area contributed by atoms with E-state index in [0.717, 1.165) is 12.3 Å². The van der Waals surface area contributed by atoms with Gasteiger partial charge in [0.2, 0.25) is 0 Å². The lowest BCUT2D eigenvalue weighted by molar-refractivity contribution is 0.0696. The molecule has 1 heterocycles. The van der Waals surface area contributed by atoms with Gasteiger partial charge in [-0.15, -0.1) is 0 Å². The van der Waals surface area contributed by atoms with Gasteiger partial charge < -0.3 is 9.84 Å². The molecule has 0 aliphatic heterocycles. The van der Waals surface area contributed by atoms with E-state index in [-0.39, 0.29) is 5.56 Å². The third kappa shape index (κ3) is 2.94. The summed E-state index contributed by atoms with van der Waals surface area (Å²) in [7, 11) is 0. The summed E-state index contributed by atoms with van der Waals surface area (Å²) in [5, 5.41) is 8.74. The summed E-state index contributed by atoms with van der Waals surface area (Å²) in [6.07, 6.45) is 6.51. The number of carboxylic acids is 1. The van der Waals surface area contributed by atoms with Crippen molar-refractivity contribution in [2.45, 2.75) is 19.3 Å². The van der Waals surface area contributed by atoms with Crippen LogP contribution in [0.5, 0.6) is 5.75 Å². The molecule has 4 heteroatoms. The van der Waals surface area contributed by atoms with Gasteiger partial charge in [0.05, 0.1) is 18.4 Å². The maximum Gasteiger partial charge on any atom is 0.337 e. The largest absolute Gasteiger partial charge is 0.492 e. The molecule has 0 spiro atoms. The normalized spacial score (nSPS) is 14.9. The predicted octanol–water partition coefficient (Wildman–Crippen LogP) is 1.96. The van der Waals surface area contributed by atoms with Gasteiger partial charge in [-0.3, -0.25) is 4.98 Å². The summed E-state index contributed by atoms with van der Waals surface area (Å²) < 4.78 is 5.42. The van der Waals surface area contributed by atoms with Gasteiger partial charge in [0.25, 0.3) is 0 Å². The molecular weight excluding hydrogens is 194 g/mol. The van der Waals surface area contributed by atoms with Gasteiger partial charge >= 0.3 is 5.97 Å². The fourth-order valence-corrected chi connectivity index (χ4v) is 1.36. The summed E-state index contributed by atoms with van der Waals surface area (Å²) in [6.45, 7) is 0.648. The first-order valence-electron chi connectivity index (χ1n) is 5.07. The minimum atomic E-state index is -0.977. The van der Waals surface area contributed by atoms with Crippen LogP contribution < -0.4 is 4.74 Å². The Morgan fingerprint density at radius 3 is 3.00 bits per heavy atom. The fourth-order valence-electron chi connectivity index (χ4n) is 1.36. The van der Waals surface area contributed by atoms with Crippen molar-refractivity contribution in [1.29, 1.82) is 0 Å². The van der Waals surface area contributed by atoms with E-state index in [0.29, 0.717) is 12.4 Å². The Bertz CT molecular complexity index is 361. The van der Waals surface area contributed by atoms with E-state index in [1.807, 2.05) is 0 Å². The zero-order chi connectivity index (χ0) is 10.7. The molecule has 1 N–H and O–H groups in total. The molecular formula is C11H13NO3. The Hall–Kier alpha value is -1.58. The highest BCUT2D eigenvalue weighted by molar-refractivity contribution is 5.87. The van der Waals surface area contributed by atoms with Gasteiger partial charge in [0, 0.05) is 6.20 Å². The Balaban J connectivity index is 1.88. The van der Waals surface area contributed by atoms with Crippen LogP contribution in [0.1, 0.15) is 29.6 Å². The SMILES string of the molecule is O=C(O)c1cncc(OCCC2CC2)c1. The number of ether oxygens (including phenoxy) is 1. The van der Waals surface area contributed by atoms with Crippen molar-refractivity contribution < 1.29 is 14.6 Å². The van der Waals surface area contributed by atoms with Gasteiger partial charge in [-0.25, -0.2) is 4.79 Å². The number of hydrogen-bond acceptors (Lipinski definition) is 3. The van der Waals surface area contributed by atoms with E-state index >= 15 is 0 Å². The van der Waals surface area contributed by atoms with Crippen LogP contribution in [0.15, 0.2) is 18.5 Å². The summed E-state index contributed by atoms with van der Waals surface area (Å²) >= 11 is 0. The molecule has 0 amide bonds. The quantitative estimate of drug-likeness (QED) is 0.801. The minimum Gasteiger partial charge on any atom is -0.492 e. The Morgan fingerprint density at radius 1 is 1.53 bits per heavy atom. The Morgan fingerprint density at radius 2 is 2.33 bits per heavy atom. The second-order valence-electron chi connectivity index (χ2n) is 3.79. The monoisotopic (exact) mass is 207 g/mol. The zero-order valence-electron chi connectivity index (χ0n) is 8.35. The lowest BCUT2D eigenvalue weighted by Crippen LogP contribution is -2.01. The maximum absolute atomic E-state index is 10.6. The van der Waals surface area contributed by atoms with Crippen molar-refractivity contribution in [2.75, 3.05) is 6.61 Å². The van der Waals surface area contributed by atoms with E-state index in [2.05, 4.69) is 4.98 Å². The molecule has 1 saturated carbocycles. The van der Waals surface area contributed by atoms with Crippen LogP contribution in [-0.2, 0) is 0 Å². The third-order valence-electron chi connectivity index (χ3n) is 2.45. The lowest BCUT2D eigenvalue weighted by atomic mass is 10.3. The highest BCUT2D eigenvalue weighted by Crippen LogP contribution is 2.32. The summed E-state index contributed by atoms with van der Waals surface area (Å²) in [5.41, 5.74) is 0.166. The standard InChI is InChI=1S/C11H13NO3/c13-11(14)9-5-10(7-12-6-9)15-4-3-8-1-2-8/h5-8H,1-4H2,(H,13,14). The Labute approximate surface area is 87.9 Å². The molecule has 0 aromatic carbocycles. The molecule has 1 aliphatic carbocycles. The number of pyridine rings is 1. The molecule has 0 unspecified atom stereocenters. The molecule has 15 heavy (non-hydrogen) atoms. The third-order valence-corrected chi connectivity index (χ3v) is 2.45. The van der Waals surface area contributed by atoms with Gasteiger partial charge in [0.15, 0.2) is 0 Å². The molecule has 0 radical (unpaired) electrons. The molecule has 80 valence electrons. The van der Waals surface area contributed by atoms with Crippen molar-refractivity contribution in [2.24, 2.45) is 5.92 Å². The van der Waals surface area contributed by atoms with Crippen molar-refractivity contribution in [3.8, 4) is 5.75 Å². The van der Waals surface area contributed by atoms with Crippen LogP contribution in [0.25, 0.3) is 0 Å². The number of aromatic carboxylic acids is 1. The molecule has 4 nitrogen and oxygen atoms in total. The van der Waals surface area contributed by atoms with Gasteiger partial charge in [-0.2, -0.15) is 0 Å². The number of hydrogen-bond donors (Lipinski definition) is 1. The number of carboxylic acid groups (broad SMARTS) is 1. The second kappa shape index (κ2) is 4.29. The van der Waals surface area contributed by atoms with Crippen LogP contribution in [0.2, 0.25) is 0 Å². The van der Waals surface area contributed by atoms with E-state index in [1.165, 1.54) is 25.1 Å². The maximum atomic E-state index is 10.6. The van der Waals surface area contributed by atoms with Gasteiger partial charge in [0.1, 0.15) is 5.75 Å². The van der Waals surface area contributed by atoms with Crippen molar-refractivity contribution >= 4 is 5.97 Å². The van der Waals surface area contributed by atoms with E-state index < -0.39 is 5.97 Å². The smallest absolute Gasteiger partial charge is 0.337 e. The van der Waals surface area contributed by atoms with Crippen molar-refractivity contribution in [1.82, 2.24) is 4.98 Å². The van der Waals surface area contributed by atoms with E-state index in [1.54, 1.807) is 6.20 Å². The van der Waals surface area contributed by atoms with Crippen LogP contribution in [-0.4, -0.2) is 22.7 Å². The topological polar surface area (TPSA) is 59.4 Å². The first-order chi connectivity index (χ1) is 7.25. The molecule has 1 aromatic rings. The molecule has 1 aromatic heterocycles. The first kappa shape index (κ1) is 9.96. The number of nitrogens with zero attached hydrogens (tertiary/aromatic N) is 1. The molecule has 2 rings (SSSR count). The fraction of sp³-hybridized carbons (Fsp3) is 0.455. The number of rotatable bonds is 5. The van der Waals surface area contributed by atoms with Crippen LogP contribution in [0.4, 0.5) is 0 Å². The Kier molecular flexibility index (Phi) is 2.85. The summed E-state index contributed by atoms with van der Waals surface area (Å²) in [4.78, 5) is 14.5. The minimum absolute atomic E-state index is 0.166. The van der Waals surface area contributed by atoms with E-state index in [4.69, 9.17) is 9.84 Å². The number of aromatic nitrogens is 1. The molecule has 0 saturated heterocycles. The predicted molar refractivity (Wildman–Crippen MR) is 54.0 cm³/mol. The number of carbonyl (C=O) groups is 1. The van der Waals surface area contributed by atoms with Gasteiger partial charge in [-0.05, 0) is 18.4 Å². The second-order valence-corrected chi connectivity index (χ2v) is 3.79. The van der Waals surface area contributed by atoms with Crippen molar-refractivity contribution in [3.63, 3.8) is 0 Å². The van der Waals surface area contributed by atoms with Crippen LogP contribution in [0.3, 0.4) is 0 Å². The first-order valence-corrected chi connectivity index (χ1v) is 5.07. The molecule has 1 fully saturated rings. The lowest BCUT2D eigenvalue weighted by Gasteiger charge is -2.05. The molecule has 1 aliphatic rings. The highest BCUT2D eigenvalue weighted by atomic mass is 16.5. The summed E-state index contributed by atoms with van der Waals surface area (Å²) in [6, 6.07) is 1.50. The average Bonchev–Trinajstić information content (AvgIpc) is 3.02. The van der Waals surface area contributed by atoms with Crippen LogP contribution >= 0.6 is 0 Å². The zero-order valence-corrected chi connectivity index (χ0v) is 8.35. The van der Waals surface area contributed by atoms with Crippen LogP contribution in [0, 0.1) is 5.92 Å². The molecule has 0 bridgehead atoms. The average molecular weight is 207 g/mol. The van der Waals surface area contributed by atoms with Crippen molar-refractivity contribution in [3.05, 3.63) is 24.0 Å².